The quantitative estimate of drug-likeness (QED) is 0.626. The second kappa shape index (κ2) is 5.57. The van der Waals surface area contributed by atoms with Crippen LogP contribution >= 0.6 is 0 Å². The molecule has 114 valence electrons. The zero-order chi connectivity index (χ0) is 15.6. The number of para-hydroxylation sites is 1. The zero-order valence-corrected chi connectivity index (χ0v) is 12.6. The van der Waals surface area contributed by atoms with Gasteiger partial charge in [0.05, 0.1) is 12.2 Å². The van der Waals surface area contributed by atoms with Crippen molar-refractivity contribution in [2.24, 2.45) is 0 Å². The van der Waals surface area contributed by atoms with Gasteiger partial charge in [0, 0.05) is 11.6 Å². The van der Waals surface area contributed by atoms with Gasteiger partial charge in [0.1, 0.15) is 17.2 Å². The lowest BCUT2D eigenvalue weighted by Crippen LogP contribution is -2.04. The number of rotatable bonds is 4. The van der Waals surface area contributed by atoms with E-state index in [9.17, 15) is 0 Å². The summed E-state index contributed by atoms with van der Waals surface area (Å²) in [6.07, 6.45) is 1.86. The summed E-state index contributed by atoms with van der Waals surface area (Å²) in [4.78, 5) is 0. The first-order valence-electron chi connectivity index (χ1n) is 7.36. The number of benzene rings is 1. The molecule has 0 aliphatic rings. The van der Waals surface area contributed by atoms with E-state index in [-0.39, 0.29) is 0 Å². The van der Waals surface area contributed by atoms with Gasteiger partial charge in [0.25, 0.3) is 0 Å². The molecule has 23 heavy (non-hydrogen) atoms. The largest absolute Gasteiger partial charge is 0.459 e. The standard InChI is InChI=1S/C17H15N5O/c1-12-8-9-22(21-12)17-7-6-16(19-20-17)18-11-14-10-13-4-2-3-5-15(13)23-14/h2-10H,11H2,1H3,(H,18,19). The fourth-order valence-corrected chi connectivity index (χ4v) is 2.39. The maximum Gasteiger partial charge on any atom is 0.175 e. The summed E-state index contributed by atoms with van der Waals surface area (Å²) in [6, 6.07) is 15.7. The number of hydrogen-bond acceptors (Lipinski definition) is 5. The molecule has 6 heteroatoms. The van der Waals surface area contributed by atoms with Crippen LogP contribution in [0.2, 0.25) is 0 Å². The van der Waals surface area contributed by atoms with Crippen LogP contribution in [0.25, 0.3) is 16.8 Å². The maximum absolute atomic E-state index is 5.76. The van der Waals surface area contributed by atoms with E-state index in [1.165, 1.54) is 0 Å². The molecule has 0 fully saturated rings. The highest BCUT2D eigenvalue weighted by atomic mass is 16.3. The van der Waals surface area contributed by atoms with Crippen molar-refractivity contribution in [1.29, 1.82) is 0 Å². The number of nitrogens with one attached hydrogen (secondary N) is 1. The van der Waals surface area contributed by atoms with E-state index in [0.29, 0.717) is 18.2 Å². The van der Waals surface area contributed by atoms with Gasteiger partial charge >= 0.3 is 0 Å². The third-order valence-electron chi connectivity index (χ3n) is 3.53. The lowest BCUT2D eigenvalue weighted by Gasteiger charge is -2.04. The number of anilines is 1. The molecule has 0 aliphatic heterocycles. The summed E-state index contributed by atoms with van der Waals surface area (Å²) in [5.74, 6) is 2.24. The van der Waals surface area contributed by atoms with Crippen molar-refractivity contribution < 1.29 is 4.42 Å². The Kier molecular flexibility index (Phi) is 3.27. The van der Waals surface area contributed by atoms with Crippen molar-refractivity contribution >= 4 is 16.8 Å². The SMILES string of the molecule is Cc1ccn(-c2ccc(NCc3cc4ccccc4o3)nn2)n1. The van der Waals surface area contributed by atoms with Gasteiger partial charge in [-0.25, -0.2) is 4.68 Å². The molecule has 0 spiro atoms. The lowest BCUT2D eigenvalue weighted by atomic mass is 10.2. The molecular formula is C17H15N5O. The molecule has 0 radical (unpaired) electrons. The van der Waals surface area contributed by atoms with Crippen LogP contribution < -0.4 is 5.32 Å². The number of furan rings is 1. The van der Waals surface area contributed by atoms with Gasteiger partial charge in [-0.05, 0) is 37.3 Å². The lowest BCUT2D eigenvalue weighted by molar-refractivity contribution is 0.559. The normalized spacial score (nSPS) is 11.0. The Morgan fingerprint density at radius 2 is 2.00 bits per heavy atom. The second-order valence-electron chi connectivity index (χ2n) is 5.28. The van der Waals surface area contributed by atoms with E-state index in [1.807, 2.05) is 61.7 Å². The monoisotopic (exact) mass is 305 g/mol. The van der Waals surface area contributed by atoms with Crippen LogP contribution in [0.1, 0.15) is 11.5 Å². The summed E-state index contributed by atoms with van der Waals surface area (Å²) in [5.41, 5.74) is 1.83. The number of hydrogen-bond donors (Lipinski definition) is 1. The van der Waals surface area contributed by atoms with E-state index >= 15 is 0 Å². The Balaban J connectivity index is 1.46. The first-order valence-corrected chi connectivity index (χ1v) is 7.36. The fraction of sp³-hybridized carbons (Fsp3) is 0.118. The van der Waals surface area contributed by atoms with Crippen LogP contribution in [-0.4, -0.2) is 20.0 Å². The zero-order valence-electron chi connectivity index (χ0n) is 12.6. The predicted molar refractivity (Wildman–Crippen MR) is 87.4 cm³/mol. The van der Waals surface area contributed by atoms with Crippen LogP contribution in [0.15, 0.2) is 59.1 Å². The molecule has 0 saturated heterocycles. The Bertz CT molecular complexity index is 906. The molecule has 4 rings (SSSR count). The van der Waals surface area contributed by atoms with Gasteiger partial charge in [0.15, 0.2) is 5.82 Å². The number of nitrogens with zero attached hydrogens (tertiary/aromatic N) is 4. The minimum Gasteiger partial charge on any atom is -0.459 e. The minimum atomic E-state index is 0.559. The number of fused-ring (bicyclic) bond motifs is 1. The first kappa shape index (κ1) is 13.5. The highest BCUT2D eigenvalue weighted by Crippen LogP contribution is 2.19. The Labute approximate surface area is 132 Å². The van der Waals surface area contributed by atoms with E-state index in [0.717, 1.165) is 22.4 Å². The molecule has 0 bridgehead atoms. The molecule has 4 aromatic rings. The number of aryl methyl sites for hydroxylation is 1. The Morgan fingerprint density at radius 1 is 1.09 bits per heavy atom. The van der Waals surface area contributed by atoms with Gasteiger partial charge in [-0.15, -0.1) is 10.2 Å². The topological polar surface area (TPSA) is 68.8 Å². The molecule has 6 nitrogen and oxygen atoms in total. The van der Waals surface area contributed by atoms with Gasteiger partial charge < -0.3 is 9.73 Å². The summed E-state index contributed by atoms with van der Waals surface area (Å²) < 4.78 is 7.46. The highest BCUT2D eigenvalue weighted by molar-refractivity contribution is 5.77. The molecule has 0 amide bonds. The second-order valence-corrected chi connectivity index (χ2v) is 5.28. The molecule has 0 aliphatic carbocycles. The van der Waals surface area contributed by atoms with Gasteiger partial charge in [0.2, 0.25) is 0 Å². The minimum absolute atomic E-state index is 0.559. The van der Waals surface area contributed by atoms with Crippen molar-refractivity contribution in [3.8, 4) is 5.82 Å². The smallest absolute Gasteiger partial charge is 0.175 e. The fourth-order valence-electron chi connectivity index (χ4n) is 2.39. The van der Waals surface area contributed by atoms with E-state index in [4.69, 9.17) is 4.42 Å². The molecule has 1 N–H and O–H groups in total. The van der Waals surface area contributed by atoms with Crippen molar-refractivity contribution in [2.75, 3.05) is 5.32 Å². The molecule has 0 atom stereocenters. The van der Waals surface area contributed by atoms with Crippen LogP contribution in [0, 0.1) is 6.92 Å². The van der Waals surface area contributed by atoms with Crippen molar-refractivity contribution in [3.05, 3.63) is 66.2 Å². The van der Waals surface area contributed by atoms with Crippen LogP contribution in [0.4, 0.5) is 5.82 Å². The van der Waals surface area contributed by atoms with Gasteiger partial charge in [-0.2, -0.15) is 5.10 Å². The first-order chi connectivity index (χ1) is 11.3. The Morgan fingerprint density at radius 3 is 2.74 bits per heavy atom. The number of aromatic nitrogens is 4. The van der Waals surface area contributed by atoms with Crippen molar-refractivity contribution in [3.63, 3.8) is 0 Å². The van der Waals surface area contributed by atoms with Crippen molar-refractivity contribution in [2.45, 2.75) is 13.5 Å². The van der Waals surface area contributed by atoms with E-state index in [1.54, 1.807) is 4.68 Å². The maximum atomic E-state index is 5.76. The molecule has 3 aromatic heterocycles. The molecular weight excluding hydrogens is 290 g/mol. The summed E-state index contributed by atoms with van der Waals surface area (Å²) >= 11 is 0. The molecule has 0 saturated carbocycles. The van der Waals surface area contributed by atoms with Crippen molar-refractivity contribution in [1.82, 2.24) is 20.0 Å². The highest BCUT2D eigenvalue weighted by Gasteiger charge is 2.05. The summed E-state index contributed by atoms with van der Waals surface area (Å²) in [5, 5.41) is 17.0. The summed E-state index contributed by atoms with van der Waals surface area (Å²) in [7, 11) is 0. The Hall–Kier alpha value is -3.15. The third-order valence-corrected chi connectivity index (χ3v) is 3.53. The van der Waals surface area contributed by atoms with Gasteiger partial charge in [-0.1, -0.05) is 18.2 Å². The average molecular weight is 305 g/mol. The van der Waals surface area contributed by atoms with Crippen LogP contribution in [-0.2, 0) is 6.54 Å². The van der Waals surface area contributed by atoms with Gasteiger partial charge in [-0.3, -0.25) is 0 Å². The third kappa shape index (κ3) is 2.78. The van der Waals surface area contributed by atoms with E-state index in [2.05, 4.69) is 20.6 Å². The molecule has 3 heterocycles. The molecule has 1 aromatic carbocycles. The van der Waals surface area contributed by atoms with Crippen LogP contribution in [0.3, 0.4) is 0 Å². The predicted octanol–water partition coefficient (Wildman–Crippen LogP) is 3.33. The average Bonchev–Trinajstić information content (AvgIpc) is 3.19. The summed E-state index contributed by atoms with van der Waals surface area (Å²) in [6.45, 7) is 2.50. The molecule has 0 unspecified atom stereocenters. The van der Waals surface area contributed by atoms with E-state index < -0.39 is 0 Å². The van der Waals surface area contributed by atoms with Crippen LogP contribution in [0.5, 0.6) is 0 Å².